The van der Waals surface area contributed by atoms with Crippen molar-refractivity contribution >= 4 is 52.0 Å². The average molecular weight is 908 g/mol. The lowest BCUT2D eigenvalue weighted by Gasteiger charge is -2.31. The molecule has 352 valence electrons. The third-order valence-corrected chi connectivity index (χ3v) is 11.9. The van der Waals surface area contributed by atoms with Gasteiger partial charge in [-0.2, -0.15) is 0 Å². The minimum absolute atomic E-state index is 0.0482. The van der Waals surface area contributed by atoms with E-state index in [1.54, 1.807) is 57.4 Å². The van der Waals surface area contributed by atoms with Gasteiger partial charge in [-0.1, -0.05) is 46.8 Å². The van der Waals surface area contributed by atoms with Crippen molar-refractivity contribution in [1.82, 2.24) is 25.1 Å². The van der Waals surface area contributed by atoms with Crippen LogP contribution in [0.3, 0.4) is 0 Å². The third kappa shape index (κ3) is 10.9. The first-order chi connectivity index (χ1) is 31.3. The number of hydrogen-bond donors (Lipinski definition) is 6. The molecule has 0 saturated heterocycles. The van der Waals surface area contributed by atoms with Gasteiger partial charge in [0.15, 0.2) is 11.6 Å². The molecular weight excluding hydrogens is 847 g/mol. The standard InChI is InChI=1S/C48H61N9O9/c1-8-48(64)34-21-37-42-29(22-57(37)45(62)33(34)25-66-46(48)63)20-31-32(23-56(6)7)39(17-15-35(31)53-42)65-24-28-11-13-30(14-12-28)52-43(60)36(10-9-19-51-47(49)50)54-44(61)41(27(4)5)55-40(59)18-16-38(58)26(2)3/h11-15,17,20-21,26-27,36,41,64H,8-10,16,18-19,22-25H2,1-7H3,(H,52,60)(H,54,61)(H,55,59)(H4,49,50,51)/t36-,41-,48-/m0/s1. The molecule has 0 aliphatic carbocycles. The maximum Gasteiger partial charge on any atom is 0.343 e. The molecule has 0 bridgehead atoms. The summed E-state index contributed by atoms with van der Waals surface area (Å²) in [6.07, 6.45) is 0.653. The number of cyclic esters (lactones) is 1. The Kier molecular flexibility index (Phi) is 15.3. The Labute approximate surface area is 383 Å². The van der Waals surface area contributed by atoms with Crippen molar-refractivity contribution in [1.29, 1.82) is 0 Å². The Bertz CT molecular complexity index is 2600. The molecule has 0 unspecified atom stereocenters. The van der Waals surface area contributed by atoms with Crippen LogP contribution in [0.2, 0.25) is 0 Å². The fourth-order valence-electron chi connectivity index (χ4n) is 8.12. The zero-order chi connectivity index (χ0) is 48.0. The van der Waals surface area contributed by atoms with Gasteiger partial charge in [0.05, 0.1) is 29.0 Å². The lowest BCUT2D eigenvalue weighted by Crippen LogP contribution is -2.54. The SMILES string of the molecule is CC[C@@]1(O)C(=O)OCc2c1cc1n(c2=O)Cc2cc3c(CN(C)C)c(OCc4ccc(NC(=O)[C@H](CCCN=C(N)N)NC(=O)[C@@H](NC(=O)CCC(=O)C(C)C)C(C)C)cc4)ccc3nc2-1. The monoisotopic (exact) mass is 907 g/mol. The second-order valence-electron chi connectivity index (χ2n) is 17.8. The smallest absolute Gasteiger partial charge is 0.343 e. The number of nitrogens with zero attached hydrogens (tertiary/aromatic N) is 4. The molecule has 2 aliphatic heterocycles. The van der Waals surface area contributed by atoms with Crippen LogP contribution in [0.15, 0.2) is 58.3 Å². The fraction of sp³-hybridized carbons (Fsp3) is 0.458. The number of aliphatic hydroxyl groups is 1. The van der Waals surface area contributed by atoms with Gasteiger partial charge in [0.25, 0.3) is 5.56 Å². The molecule has 3 atom stereocenters. The summed E-state index contributed by atoms with van der Waals surface area (Å²) in [6.45, 7) is 9.77. The van der Waals surface area contributed by atoms with E-state index in [2.05, 4.69) is 20.9 Å². The number of ether oxygens (including phenoxy) is 2. The highest BCUT2D eigenvalue weighted by molar-refractivity contribution is 5.99. The summed E-state index contributed by atoms with van der Waals surface area (Å²) in [4.78, 5) is 89.5. The van der Waals surface area contributed by atoms with Crippen LogP contribution >= 0.6 is 0 Å². The summed E-state index contributed by atoms with van der Waals surface area (Å²) in [5.74, 6) is -2.23. The Morgan fingerprint density at radius 3 is 2.38 bits per heavy atom. The van der Waals surface area contributed by atoms with Crippen molar-refractivity contribution in [2.75, 3.05) is 26.0 Å². The van der Waals surface area contributed by atoms with Gasteiger partial charge in [-0.15, -0.1) is 0 Å². The molecule has 2 aromatic carbocycles. The second kappa shape index (κ2) is 20.7. The minimum Gasteiger partial charge on any atom is -0.489 e. The lowest BCUT2D eigenvalue weighted by molar-refractivity contribution is -0.172. The fourth-order valence-corrected chi connectivity index (χ4v) is 8.12. The Morgan fingerprint density at radius 2 is 1.73 bits per heavy atom. The number of fused-ring (bicyclic) bond motifs is 5. The van der Waals surface area contributed by atoms with Crippen LogP contribution in [0, 0.1) is 11.8 Å². The summed E-state index contributed by atoms with van der Waals surface area (Å²) in [7, 11) is 3.91. The molecule has 6 rings (SSSR count). The van der Waals surface area contributed by atoms with Crippen LogP contribution < -0.4 is 37.7 Å². The zero-order valence-electron chi connectivity index (χ0n) is 38.7. The van der Waals surface area contributed by atoms with Crippen molar-refractivity contribution in [3.63, 3.8) is 0 Å². The summed E-state index contributed by atoms with van der Waals surface area (Å²) < 4.78 is 13.3. The van der Waals surface area contributed by atoms with Crippen molar-refractivity contribution in [2.24, 2.45) is 28.3 Å². The molecule has 4 heterocycles. The molecule has 2 aliphatic rings. The molecule has 0 radical (unpaired) electrons. The van der Waals surface area contributed by atoms with Crippen molar-refractivity contribution < 1.29 is 38.6 Å². The molecule has 0 saturated carbocycles. The quantitative estimate of drug-likeness (QED) is 0.0284. The number of aliphatic imine (C=N–C) groups is 1. The zero-order valence-corrected chi connectivity index (χ0v) is 38.7. The van der Waals surface area contributed by atoms with E-state index in [4.69, 9.17) is 25.9 Å². The number of esters is 1. The van der Waals surface area contributed by atoms with E-state index in [9.17, 15) is 33.9 Å². The molecule has 18 nitrogen and oxygen atoms in total. The van der Waals surface area contributed by atoms with Crippen LogP contribution in [-0.4, -0.2) is 87.7 Å². The van der Waals surface area contributed by atoms with Crippen molar-refractivity contribution in [3.8, 4) is 17.1 Å². The molecule has 18 heteroatoms. The molecule has 0 spiro atoms. The van der Waals surface area contributed by atoms with E-state index in [0.717, 1.165) is 22.1 Å². The van der Waals surface area contributed by atoms with E-state index >= 15 is 0 Å². The largest absolute Gasteiger partial charge is 0.489 e. The van der Waals surface area contributed by atoms with E-state index in [1.807, 2.05) is 49.3 Å². The number of rotatable bonds is 20. The summed E-state index contributed by atoms with van der Waals surface area (Å²) >= 11 is 0. The number of ketones is 1. The van der Waals surface area contributed by atoms with E-state index in [-0.39, 0.29) is 92.3 Å². The normalized spacial score (nSPS) is 16.0. The molecular formula is C48H61N9O9. The summed E-state index contributed by atoms with van der Waals surface area (Å²) in [5, 5.41) is 20.5. The predicted molar refractivity (Wildman–Crippen MR) is 249 cm³/mol. The van der Waals surface area contributed by atoms with E-state index in [1.165, 1.54) is 0 Å². The van der Waals surface area contributed by atoms with Gasteiger partial charge < -0.3 is 51.5 Å². The molecule has 2 aromatic heterocycles. The van der Waals surface area contributed by atoms with Crippen LogP contribution in [-0.2, 0) is 60.6 Å². The number of hydrogen-bond acceptors (Lipinski definition) is 12. The highest BCUT2D eigenvalue weighted by Gasteiger charge is 2.45. The van der Waals surface area contributed by atoms with Crippen LogP contribution in [0.25, 0.3) is 22.3 Å². The number of carbonyl (C=O) groups excluding carboxylic acids is 5. The molecule has 4 aromatic rings. The number of amides is 3. The van der Waals surface area contributed by atoms with Gasteiger partial charge in [-0.05, 0) is 81.2 Å². The number of nitrogens with two attached hydrogens (primary N) is 2. The Balaban J connectivity index is 1.16. The summed E-state index contributed by atoms with van der Waals surface area (Å²) in [6, 6.07) is 12.6. The molecule has 66 heavy (non-hydrogen) atoms. The van der Waals surface area contributed by atoms with Gasteiger partial charge in [0.1, 0.15) is 36.8 Å². The number of pyridine rings is 2. The first-order valence-corrected chi connectivity index (χ1v) is 22.3. The number of benzene rings is 2. The predicted octanol–water partition coefficient (Wildman–Crippen LogP) is 3.34. The average Bonchev–Trinajstić information content (AvgIpc) is 3.63. The van der Waals surface area contributed by atoms with Gasteiger partial charge in [0, 0.05) is 59.6 Å². The number of Topliss-reactive ketones (excluding diaryl/α,β-unsaturated/α-hetero) is 1. The Hall–Kier alpha value is -6.66. The number of nitrogens with one attached hydrogen (secondary N) is 3. The highest BCUT2D eigenvalue weighted by Crippen LogP contribution is 2.40. The van der Waals surface area contributed by atoms with E-state index < -0.39 is 41.4 Å². The van der Waals surface area contributed by atoms with Crippen LogP contribution in [0.4, 0.5) is 5.69 Å². The van der Waals surface area contributed by atoms with Crippen LogP contribution in [0.5, 0.6) is 5.75 Å². The maximum atomic E-state index is 13.7. The number of anilines is 1. The van der Waals surface area contributed by atoms with Gasteiger partial charge in [-0.25, -0.2) is 9.78 Å². The van der Waals surface area contributed by atoms with Crippen molar-refractivity contribution in [3.05, 3.63) is 86.7 Å². The molecule has 0 fully saturated rings. The first kappa shape index (κ1) is 48.8. The minimum atomic E-state index is -1.92. The molecule has 8 N–H and O–H groups in total. The third-order valence-electron chi connectivity index (χ3n) is 11.9. The van der Waals surface area contributed by atoms with Gasteiger partial charge in [-0.3, -0.25) is 29.0 Å². The van der Waals surface area contributed by atoms with Gasteiger partial charge >= 0.3 is 5.97 Å². The highest BCUT2D eigenvalue weighted by atomic mass is 16.6. The number of guanidine groups is 1. The summed E-state index contributed by atoms with van der Waals surface area (Å²) in [5.41, 5.74) is 14.1. The second-order valence-corrected chi connectivity index (χ2v) is 17.8. The number of carbonyl (C=O) groups is 5. The maximum absolute atomic E-state index is 13.7. The van der Waals surface area contributed by atoms with Gasteiger partial charge in [0.2, 0.25) is 17.7 Å². The van der Waals surface area contributed by atoms with Crippen LogP contribution in [0.1, 0.15) is 94.5 Å². The topological polar surface area (TPSA) is 263 Å². The van der Waals surface area contributed by atoms with Crippen molar-refractivity contribution in [2.45, 2.75) is 111 Å². The molecule has 3 amide bonds. The van der Waals surface area contributed by atoms with E-state index in [0.29, 0.717) is 41.3 Å². The lowest BCUT2D eigenvalue weighted by atomic mass is 9.86. The first-order valence-electron chi connectivity index (χ1n) is 22.3. The number of aromatic nitrogens is 2. The Morgan fingerprint density at radius 1 is 1.00 bits per heavy atom.